The first-order chi connectivity index (χ1) is 5.56. The molecule has 13 heavy (non-hydrogen) atoms. The Morgan fingerprint density at radius 3 is 2.08 bits per heavy atom. The molecule has 0 saturated carbocycles. The van der Waals surface area contributed by atoms with Crippen molar-refractivity contribution in [2.75, 3.05) is 0 Å². The van der Waals surface area contributed by atoms with Crippen LogP contribution in [0.15, 0.2) is 29.2 Å². The number of hydrogen-bond donors (Lipinski definition) is 0. The van der Waals surface area contributed by atoms with Gasteiger partial charge in [-0.25, -0.2) is 0 Å². The minimum atomic E-state index is -3.70. The van der Waals surface area contributed by atoms with Gasteiger partial charge in [0.05, 0.1) is 4.90 Å². The molecule has 0 N–H and O–H groups in total. The zero-order chi connectivity index (χ0) is 9.19. The molecule has 0 aliphatic heterocycles. The summed E-state index contributed by atoms with van der Waals surface area (Å²) < 4.78 is 25.9. The second-order valence-corrected chi connectivity index (χ2v) is 4.26. The summed E-state index contributed by atoms with van der Waals surface area (Å²) >= 11 is 4.02. The SMILES string of the molecule is Cc1ccc(S(=O)(=O)O[S-])cc1.[Na+]. The van der Waals surface area contributed by atoms with E-state index >= 15 is 0 Å². The van der Waals surface area contributed by atoms with Crippen molar-refractivity contribution in [3.63, 3.8) is 0 Å². The maximum atomic E-state index is 11.0. The van der Waals surface area contributed by atoms with Gasteiger partial charge in [-0.05, 0) is 19.1 Å². The molecular weight excluding hydrogens is 219 g/mol. The fraction of sp³-hybridized carbons (Fsp3) is 0.143. The Morgan fingerprint density at radius 1 is 1.23 bits per heavy atom. The van der Waals surface area contributed by atoms with E-state index < -0.39 is 10.1 Å². The van der Waals surface area contributed by atoms with Crippen molar-refractivity contribution in [2.24, 2.45) is 0 Å². The molecule has 0 spiro atoms. The summed E-state index contributed by atoms with van der Waals surface area (Å²) in [6, 6.07) is 6.27. The molecule has 3 nitrogen and oxygen atoms in total. The van der Waals surface area contributed by atoms with E-state index in [2.05, 4.69) is 16.5 Å². The van der Waals surface area contributed by atoms with Crippen LogP contribution in [0, 0.1) is 6.92 Å². The van der Waals surface area contributed by atoms with E-state index in [0.29, 0.717) is 0 Å². The standard InChI is InChI=1S/C7H8O3S2.Na/c1-6-2-4-7(5-3-6)12(8,9)10-11;/h2-5,11H,1H3;/q;+1/p-1. The minimum Gasteiger partial charge on any atom is -0.602 e. The van der Waals surface area contributed by atoms with Crippen LogP contribution in [0.3, 0.4) is 0 Å². The smallest absolute Gasteiger partial charge is 0.602 e. The predicted molar refractivity (Wildman–Crippen MR) is 46.8 cm³/mol. The van der Waals surface area contributed by atoms with Gasteiger partial charge in [-0.2, -0.15) is 8.42 Å². The Kier molecular flexibility index (Phi) is 5.58. The van der Waals surface area contributed by atoms with E-state index in [0.717, 1.165) is 5.56 Å². The van der Waals surface area contributed by atoms with Crippen molar-refractivity contribution >= 4 is 23.0 Å². The van der Waals surface area contributed by atoms with E-state index in [1.54, 1.807) is 12.1 Å². The average molecular weight is 226 g/mol. The van der Waals surface area contributed by atoms with Crippen LogP contribution in [-0.4, -0.2) is 8.42 Å². The summed E-state index contributed by atoms with van der Waals surface area (Å²) in [5.74, 6) is 0. The second kappa shape index (κ2) is 5.38. The van der Waals surface area contributed by atoms with Crippen LogP contribution in [0.25, 0.3) is 0 Å². The molecule has 66 valence electrons. The first kappa shape index (κ1) is 13.5. The monoisotopic (exact) mass is 226 g/mol. The normalized spacial score (nSPS) is 10.6. The molecule has 0 aromatic heterocycles. The van der Waals surface area contributed by atoms with Gasteiger partial charge in [0, 0.05) is 0 Å². The molecule has 1 aromatic carbocycles. The van der Waals surface area contributed by atoms with Crippen LogP contribution in [0.5, 0.6) is 0 Å². The molecule has 0 fully saturated rings. The average Bonchev–Trinajstić information content (AvgIpc) is 2.05. The van der Waals surface area contributed by atoms with Gasteiger partial charge in [0.25, 0.3) is 10.1 Å². The fourth-order valence-electron chi connectivity index (χ4n) is 0.744. The molecule has 1 aromatic rings. The Morgan fingerprint density at radius 2 is 1.69 bits per heavy atom. The third-order valence-corrected chi connectivity index (χ3v) is 2.97. The molecule has 0 aliphatic carbocycles. The fourth-order valence-corrected chi connectivity index (χ4v) is 1.53. The topological polar surface area (TPSA) is 43.4 Å². The molecule has 0 bridgehead atoms. The third kappa shape index (κ3) is 3.61. The largest absolute Gasteiger partial charge is 1.00 e. The summed E-state index contributed by atoms with van der Waals surface area (Å²) in [6.45, 7) is 1.87. The number of aryl methyl sites for hydroxylation is 1. The maximum Gasteiger partial charge on any atom is 1.00 e. The van der Waals surface area contributed by atoms with Gasteiger partial charge >= 0.3 is 29.6 Å². The summed E-state index contributed by atoms with van der Waals surface area (Å²) in [5, 5.41) is 0. The van der Waals surface area contributed by atoms with E-state index in [1.807, 2.05) is 6.92 Å². The van der Waals surface area contributed by atoms with E-state index in [4.69, 9.17) is 0 Å². The van der Waals surface area contributed by atoms with Crippen LogP contribution in [0.4, 0.5) is 0 Å². The summed E-state index contributed by atoms with van der Waals surface area (Å²) in [5.41, 5.74) is 0.985. The minimum absolute atomic E-state index is 0. The van der Waals surface area contributed by atoms with Crippen LogP contribution >= 0.6 is 0 Å². The predicted octanol–water partition coefficient (Wildman–Crippen LogP) is -1.83. The van der Waals surface area contributed by atoms with Crippen LogP contribution < -0.4 is 29.6 Å². The summed E-state index contributed by atoms with van der Waals surface area (Å²) in [7, 11) is -3.70. The molecule has 0 amide bonds. The van der Waals surface area contributed by atoms with Crippen molar-refractivity contribution in [3.8, 4) is 0 Å². The molecule has 0 unspecified atom stereocenters. The maximum absolute atomic E-state index is 11.0. The van der Waals surface area contributed by atoms with Gasteiger partial charge in [0.1, 0.15) is 0 Å². The Bertz CT molecular complexity index is 358. The quantitative estimate of drug-likeness (QED) is 0.439. The molecule has 6 heteroatoms. The number of hydrogen-bond acceptors (Lipinski definition) is 4. The first-order valence-electron chi connectivity index (χ1n) is 3.19. The van der Waals surface area contributed by atoms with E-state index in [1.165, 1.54) is 12.1 Å². The van der Waals surface area contributed by atoms with Gasteiger partial charge in [-0.1, -0.05) is 17.7 Å². The Labute approximate surface area is 106 Å². The second-order valence-electron chi connectivity index (χ2n) is 2.34. The molecule has 0 radical (unpaired) electrons. The summed E-state index contributed by atoms with van der Waals surface area (Å²) in [6.07, 6.45) is 0. The molecule has 0 heterocycles. The number of benzene rings is 1. The molecule has 1 rings (SSSR count). The third-order valence-electron chi connectivity index (χ3n) is 1.40. The van der Waals surface area contributed by atoms with Crippen LogP contribution in [0.1, 0.15) is 5.56 Å². The zero-order valence-corrected chi connectivity index (χ0v) is 11.0. The van der Waals surface area contributed by atoms with Crippen molar-refractivity contribution in [2.45, 2.75) is 11.8 Å². The van der Waals surface area contributed by atoms with E-state index in [9.17, 15) is 8.42 Å². The molecule has 0 saturated heterocycles. The molecule has 0 aliphatic rings. The van der Waals surface area contributed by atoms with Gasteiger partial charge in [-0.15, -0.1) is 0 Å². The van der Waals surface area contributed by atoms with Crippen molar-refractivity contribution in [3.05, 3.63) is 29.8 Å². The number of rotatable bonds is 2. The van der Waals surface area contributed by atoms with Gasteiger partial charge in [0.15, 0.2) is 0 Å². The van der Waals surface area contributed by atoms with Crippen LogP contribution in [0.2, 0.25) is 0 Å². The van der Waals surface area contributed by atoms with Gasteiger partial charge < -0.3 is 16.5 Å². The molecule has 0 atom stereocenters. The van der Waals surface area contributed by atoms with E-state index in [-0.39, 0.29) is 34.5 Å². The molecular formula is C7H7NaO3S2. The van der Waals surface area contributed by atoms with Crippen LogP contribution in [-0.2, 0) is 26.7 Å². The van der Waals surface area contributed by atoms with Crippen molar-refractivity contribution in [1.29, 1.82) is 0 Å². The Balaban J connectivity index is 0.00000144. The zero-order valence-electron chi connectivity index (χ0n) is 7.35. The summed E-state index contributed by atoms with van der Waals surface area (Å²) in [4.78, 5) is 0.0862. The Hall–Kier alpha value is 0.480. The van der Waals surface area contributed by atoms with Gasteiger partial charge in [0.2, 0.25) is 0 Å². The first-order valence-corrected chi connectivity index (χ1v) is 4.93. The van der Waals surface area contributed by atoms with Crippen molar-refractivity contribution < 1.29 is 41.6 Å². The van der Waals surface area contributed by atoms with Crippen molar-refractivity contribution in [1.82, 2.24) is 0 Å². The van der Waals surface area contributed by atoms with Gasteiger partial charge in [-0.3, -0.25) is 0 Å².